The molecule has 2 aromatic heterocycles. The summed E-state index contributed by atoms with van der Waals surface area (Å²) in [5, 5.41) is 4.10. The quantitative estimate of drug-likeness (QED) is 0.175. The van der Waals surface area contributed by atoms with Gasteiger partial charge in [-0.25, -0.2) is 4.98 Å². The lowest BCUT2D eigenvalue weighted by atomic mass is 9.96. The van der Waals surface area contributed by atoms with E-state index in [2.05, 4.69) is 34.0 Å². The molecule has 246 valence electrons. The fourth-order valence-corrected chi connectivity index (χ4v) is 5.73. The number of likely N-dealkylation sites (tertiary alicyclic amines) is 1. The minimum atomic E-state index is 0.0127. The number of unbranched alkanes of at least 4 members (excludes halogenated alkanes) is 1. The zero-order chi connectivity index (χ0) is 32.7. The third-order valence-corrected chi connectivity index (χ3v) is 9.17. The molecule has 2 fully saturated rings. The van der Waals surface area contributed by atoms with Gasteiger partial charge >= 0.3 is 0 Å². The van der Waals surface area contributed by atoms with Crippen LogP contribution >= 0.6 is 23.2 Å². The first-order valence-electron chi connectivity index (χ1n) is 16.9. The number of benzene rings is 2. The van der Waals surface area contributed by atoms with E-state index in [0.29, 0.717) is 22.5 Å². The van der Waals surface area contributed by atoms with Gasteiger partial charge in [0.2, 0.25) is 0 Å². The molecule has 3 heterocycles. The summed E-state index contributed by atoms with van der Waals surface area (Å²) < 4.78 is 0. The van der Waals surface area contributed by atoms with E-state index in [-0.39, 0.29) is 5.91 Å². The molecule has 0 bridgehead atoms. The van der Waals surface area contributed by atoms with E-state index in [9.17, 15) is 4.79 Å². The van der Waals surface area contributed by atoms with Crippen LogP contribution in [0, 0.1) is 6.92 Å². The van der Waals surface area contributed by atoms with Gasteiger partial charge in [0, 0.05) is 41.5 Å². The number of carbonyl (C=O) groups excluding carboxylic acids is 1. The van der Waals surface area contributed by atoms with Gasteiger partial charge in [0.05, 0.1) is 21.4 Å². The van der Waals surface area contributed by atoms with Gasteiger partial charge in [-0.1, -0.05) is 93.4 Å². The second-order valence-electron chi connectivity index (χ2n) is 12.2. The van der Waals surface area contributed by atoms with Crippen molar-refractivity contribution in [1.29, 1.82) is 0 Å². The number of aryl methyl sites for hydroxylation is 1. The van der Waals surface area contributed by atoms with Crippen LogP contribution in [0.3, 0.4) is 0 Å². The minimum absolute atomic E-state index is 0.0127. The Kier molecular flexibility index (Phi) is 14.6. The Morgan fingerprint density at radius 3 is 2.22 bits per heavy atom. The molecule has 1 aliphatic carbocycles. The molecule has 0 unspecified atom stereocenters. The number of H-pyrrole nitrogens is 1. The lowest BCUT2D eigenvalue weighted by molar-refractivity contribution is 0.0951. The molecule has 2 aliphatic rings. The minimum Gasteiger partial charge on any atom is -0.352 e. The van der Waals surface area contributed by atoms with Crippen LogP contribution in [0.4, 0.5) is 0 Å². The first kappa shape index (κ1) is 35.7. The average molecular weight is 663 g/mol. The first-order valence-corrected chi connectivity index (χ1v) is 17.7. The standard InChI is InChI=1S/C31H33Cl2N5O.C4H8.C3H8/c1-21-6-2-3-7-25(21)31(39)35-14-4-5-17-38-18-12-23(13-19-38)30-36-28(22-10-15-34-16-11-22)29(37-30)24-8-9-26(32)27(33)20-24;1-2-4-3-1;1-3-2/h2-3,6-11,15-16,20,23H,4-5,12-14,17-19H2,1H3,(H,35,39)(H,36,37);1-4H2;3H2,1-2H3. The number of imidazole rings is 1. The maximum absolute atomic E-state index is 12.4. The Morgan fingerprint density at radius 2 is 1.59 bits per heavy atom. The van der Waals surface area contributed by atoms with Crippen molar-refractivity contribution < 1.29 is 4.79 Å². The summed E-state index contributed by atoms with van der Waals surface area (Å²) in [4.78, 5) is 27.8. The molecule has 1 saturated carbocycles. The first-order chi connectivity index (χ1) is 22.4. The molecule has 8 heteroatoms. The fourth-order valence-electron chi connectivity index (χ4n) is 5.43. The summed E-state index contributed by atoms with van der Waals surface area (Å²) in [5.74, 6) is 1.40. The molecule has 1 aliphatic heterocycles. The van der Waals surface area contributed by atoms with Crippen molar-refractivity contribution >= 4 is 29.1 Å². The van der Waals surface area contributed by atoms with E-state index in [1.54, 1.807) is 12.4 Å². The predicted octanol–water partition coefficient (Wildman–Crippen LogP) is 10.1. The van der Waals surface area contributed by atoms with Crippen molar-refractivity contribution in [3.8, 4) is 22.5 Å². The molecule has 2 aromatic carbocycles. The number of rotatable bonds is 9. The van der Waals surface area contributed by atoms with E-state index >= 15 is 0 Å². The second kappa shape index (κ2) is 18.8. The van der Waals surface area contributed by atoms with Crippen molar-refractivity contribution in [1.82, 2.24) is 25.2 Å². The number of hydrogen-bond acceptors (Lipinski definition) is 4. The van der Waals surface area contributed by atoms with Crippen molar-refractivity contribution in [2.24, 2.45) is 0 Å². The maximum atomic E-state index is 12.4. The monoisotopic (exact) mass is 661 g/mol. The Labute approximate surface area is 285 Å². The Bertz CT molecular complexity index is 1490. The van der Waals surface area contributed by atoms with Crippen LogP contribution < -0.4 is 5.32 Å². The van der Waals surface area contributed by atoms with Crippen LogP contribution in [0.2, 0.25) is 10.0 Å². The van der Waals surface area contributed by atoms with E-state index < -0.39 is 0 Å². The van der Waals surface area contributed by atoms with Crippen LogP contribution in [-0.4, -0.2) is 51.9 Å². The zero-order valence-corrected chi connectivity index (χ0v) is 29.1. The fraction of sp³-hybridized carbons (Fsp3) is 0.447. The van der Waals surface area contributed by atoms with Gasteiger partial charge in [0.25, 0.3) is 5.91 Å². The number of nitrogens with zero attached hydrogens (tertiary/aromatic N) is 3. The Morgan fingerprint density at radius 1 is 0.913 bits per heavy atom. The van der Waals surface area contributed by atoms with Gasteiger partial charge in [0.1, 0.15) is 5.82 Å². The van der Waals surface area contributed by atoms with Crippen molar-refractivity contribution in [2.75, 3.05) is 26.2 Å². The highest BCUT2D eigenvalue weighted by Crippen LogP contribution is 2.36. The van der Waals surface area contributed by atoms with Crippen LogP contribution in [0.25, 0.3) is 22.5 Å². The number of aromatic amines is 1. The number of aromatic nitrogens is 3. The average Bonchev–Trinajstić information content (AvgIpc) is 3.48. The second-order valence-corrected chi connectivity index (χ2v) is 13.0. The summed E-state index contributed by atoms with van der Waals surface area (Å²) in [7, 11) is 0. The molecule has 6 nitrogen and oxygen atoms in total. The molecule has 2 N–H and O–H groups in total. The van der Waals surface area contributed by atoms with Crippen molar-refractivity contribution in [2.45, 2.75) is 84.5 Å². The molecular weight excluding hydrogens is 613 g/mol. The summed E-state index contributed by atoms with van der Waals surface area (Å²) >= 11 is 12.5. The highest BCUT2D eigenvalue weighted by molar-refractivity contribution is 6.42. The number of amides is 1. The molecule has 4 aromatic rings. The van der Waals surface area contributed by atoms with Crippen molar-refractivity contribution in [3.63, 3.8) is 0 Å². The molecule has 0 radical (unpaired) electrons. The zero-order valence-electron chi connectivity index (χ0n) is 27.6. The third-order valence-electron chi connectivity index (χ3n) is 8.43. The SMILES string of the molecule is C1CCC1.CCC.Cc1ccccc1C(=O)NCCCCN1CCC(c2nc(-c3ccc(Cl)c(Cl)c3)c(-c3ccncc3)[nH]2)CC1. The number of piperidine rings is 1. The van der Waals surface area contributed by atoms with Gasteiger partial charge in [-0.05, 0) is 88.1 Å². The highest BCUT2D eigenvalue weighted by Gasteiger charge is 2.25. The summed E-state index contributed by atoms with van der Waals surface area (Å²) in [5.41, 5.74) is 5.59. The molecule has 46 heavy (non-hydrogen) atoms. The molecular formula is C38H49Cl2N5O. The van der Waals surface area contributed by atoms with Gasteiger partial charge in [-0.2, -0.15) is 0 Å². The van der Waals surface area contributed by atoms with Crippen LogP contribution in [-0.2, 0) is 0 Å². The molecule has 1 saturated heterocycles. The topological polar surface area (TPSA) is 73.9 Å². The van der Waals surface area contributed by atoms with Crippen LogP contribution in [0.1, 0.15) is 99.3 Å². The number of carbonyl (C=O) groups is 1. The smallest absolute Gasteiger partial charge is 0.251 e. The summed E-state index contributed by atoms with van der Waals surface area (Å²) in [6, 6.07) is 17.3. The molecule has 0 spiro atoms. The van der Waals surface area contributed by atoms with Gasteiger partial charge in [-0.15, -0.1) is 0 Å². The maximum Gasteiger partial charge on any atom is 0.251 e. The Balaban J connectivity index is 0.000000616. The van der Waals surface area contributed by atoms with Crippen LogP contribution in [0.15, 0.2) is 67.0 Å². The summed E-state index contributed by atoms with van der Waals surface area (Å²) in [6.07, 6.45) is 15.0. The molecule has 6 rings (SSSR count). The van der Waals surface area contributed by atoms with E-state index in [0.717, 1.165) is 84.8 Å². The highest BCUT2D eigenvalue weighted by atomic mass is 35.5. The normalized spacial score (nSPS) is 14.7. The predicted molar refractivity (Wildman–Crippen MR) is 193 cm³/mol. The largest absolute Gasteiger partial charge is 0.352 e. The van der Waals surface area contributed by atoms with E-state index in [4.69, 9.17) is 28.2 Å². The number of halogens is 2. The number of nitrogens with one attached hydrogen (secondary N) is 2. The van der Waals surface area contributed by atoms with E-state index in [1.165, 1.54) is 32.1 Å². The number of pyridine rings is 1. The molecule has 0 atom stereocenters. The summed E-state index contributed by atoms with van der Waals surface area (Å²) in [6.45, 7) is 10.0. The lowest BCUT2D eigenvalue weighted by Crippen LogP contribution is -2.34. The third kappa shape index (κ3) is 10.4. The van der Waals surface area contributed by atoms with Crippen LogP contribution in [0.5, 0.6) is 0 Å². The number of hydrogen-bond donors (Lipinski definition) is 2. The molecule has 1 amide bonds. The van der Waals surface area contributed by atoms with Gasteiger partial charge in [0.15, 0.2) is 0 Å². The van der Waals surface area contributed by atoms with Gasteiger partial charge < -0.3 is 15.2 Å². The Hall–Kier alpha value is -3.19. The van der Waals surface area contributed by atoms with Gasteiger partial charge in [-0.3, -0.25) is 9.78 Å². The van der Waals surface area contributed by atoms with Crippen molar-refractivity contribution in [3.05, 3.63) is 94.0 Å². The lowest BCUT2D eigenvalue weighted by Gasteiger charge is -2.31. The van der Waals surface area contributed by atoms with E-state index in [1.807, 2.05) is 61.5 Å².